The van der Waals surface area contributed by atoms with Crippen molar-refractivity contribution in [1.29, 1.82) is 0 Å². The van der Waals surface area contributed by atoms with Crippen molar-refractivity contribution in [3.63, 3.8) is 0 Å². The molecule has 0 amide bonds. The number of benzene rings is 1. The van der Waals surface area contributed by atoms with Gasteiger partial charge in [-0.2, -0.15) is 0 Å². The fourth-order valence-corrected chi connectivity index (χ4v) is 2.34. The molecule has 0 radical (unpaired) electrons. The monoisotopic (exact) mass is 277 g/mol. The Kier molecular flexibility index (Phi) is 5.44. The molecule has 2 rings (SSSR count). The molecule has 0 aromatic heterocycles. The first-order valence-electron chi connectivity index (χ1n) is 7.57. The van der Waals surface area contributed by atoms with Gasteiger partial charge in [-0.3, -0.25) is 0 Å². The molecule has 1 atom stereocenters. The lowest BCUT2D eigenvalue weighted by Gasteiger charge is -2.19. The lowest BCUT2D eigenvalue weighted by Crippen LogP contribution is -2.27. The van der Waals surface area contributed by atoms with E-state index in [1.54, 1.807) is 0 Å². The molecule has 1 fully saturated rings. The Morgan fingerprint density at radius 1 is 1.35 bits per heavy atom. The van der Waals surface area contributed by atoms with Gasteiger partial charge in [0.05, 0.1) is 6.61 Å². The molecule has 3 nitrogen and oxygen atoms in total. The van der Waals surface area contributed by atoms with Crippen molar-refractivity contribution in [2.24, 2.45) is 5.92 Å². The fourth-order valence-electron chi connectivity index (χ4n) is 2.34. The topological polar surface area (TPSA) is 30.5 Å². The normalized spacial score (nSPS) is 19.2. The molecule has 1 aliphatic heterocycles. The fraction of sp³-hybridized carbons (Fsp3) is 0.647. The third-order valence-corrected chi connectivity index (χ3v) is 3.70. The van der Waals surface area contributed by atoms with E-state index in [0.29, 0.717) is 12.5 Å². The first-order valence-corrected chi connectivity index (χ1v) is 7.57. The van der Waals surface area contributed by atoms with Gasteiger partial charge in [-0.1, -0.05) is 32.9 Å². The summed E-state index contributed by atoms with van der Waals surface area (Å²) in [6, 6.07) is 8.40. The zero-order valence-electron chi connectivity index (χ0n) is 12.9. The highest BCUT2D eigenvalue weighted by atomic mass is 16.5. The lowest BCUT2D eigenvalue weighted by molar-refractivity contribution is 0.185. The van der Waals surface area contributed by atoms with Crippen LogP contribution in [0.1, 0.15) is 32.8 Å². The van der Waals surface area contributed by atoms with Crippen LogP contribution in [0.4, 0.5) is 0 Å². The van der Waals surface area contributed by atoms with Crippen LogP contribution >= 0.6 is 0 Å². The van der Waals surface area contributed by atoms with Crippen molar-refractivity contribution in [3.05, 3.63) is 29.8 Å². The second-order valence-corrected chi connectivity index (χ2v) is 6.56. The number of rotatable bonds is 6. The minimum Gasteiger partial charge on any atom is -0.492 e. The van der Waals surface area contributed by atoms with E-state index in [9.17, 15) is 0 Å². The molecule has 0 bridgehead atoms. The van der Waals surface area contributed by atoms with E-state index < -0.39 is 0 Å². The van der Waals surface area contributed by atoms with Crippen LogP contribution < -0.4 is 10.1 Å². The Morgan fingerprint density at radius 3 is 2.90 bits per heavy atom. The van der Waals surface area contributed by atoms with E-state index >= 15 is 0 Å². The number of hydrogen-bond acceptors (Lipinski definition) is 3. The molecule has 1 unspecified atom stereocenters. The van der Waals surface area contributed by atoms with E-state index in [4.69, 9.17) is 9.47 Å². The Hall–Kier alpha value is -1.06. The average molecular weight is 277 g/mol. The summed E-state index contributed by atoms with van der Waals surface area (Å²) in [5.41, 5.74) is 1.48. The van der Waals surface area contributed by atoms with Crippen LogP contribution in [0.5, 0.6) is 5.75 Å². The third kappa shape index (κ3) is 4.80. The van der Waals surface area contributed by atoms with Crippen LogP contribution in [0, 0.1) is 5.92 Å². The maximum atomic E-state index is 5.81. The van der Waals surface area contributed by atoms with Gasteiger partial charge >= 0.3 is 0 Å². The Morgan fingerprint density at radius 2 is 2.20 bits per heavy atom. The quantitative estimate of drug-likeness (QED) is 0.811. The van der Waals surface area contributed by atoms with Gasteiger partial charge in [0.15, 0.2) is 0 Å². The number of hydrogen-bond donors (Lipinski definition) is 1. The highest BCUT2D eigenvalue weighted by Gasteiger charge is 2.15. The van der Waals surface area contributed by atoms with Gasteiger partial charge < -0.3 is 14.8 Å². The second kappa shape index (κ2) is 7.09. The minimum atomic E-state index is 0.167. The standard InChI is InChI=1S/C17H27NO2/c1-17(2,3)15-5-4-6-16(11-15)20-10-8-18-12-14-7-9-19-13-14/h4-6,11,14,18H,7-10,12-13H2,1-3H3. The molecule has 1 aromatic rings. The molecule has 1 heterocycles. The molecule has 0 spiro atoms. The SMILES string of the molecule is CC(C)(C)c1cccc(OCCNCC2CCOC2)c1. The first-order chi connectivity index (χ1) is 9.55. The van der Waals surface area contributed by atoms with Crippen LogP contribution in [0.15, 0.2) is 24.3 Å². The lowest BCUT2D eigenvalue weighted by atomic mass is 9.87. The summed E-state index contributed by atoms with van der Waals surface area (Å²) in [4.78, 5) is 0. The summed E-state index contributed by atoms with van der Waals surface area (Å²) in [5.74, 6) is 1.64. The predicted octanol–water partition coefficient (Wildman–Crippen LogP) is 2.99. The van der Waals surface area contributed by atoms with Gasteiger partial charge in [-0.15, -0.1) is 0 Å². The zero-order chi connectivity index (χ0) is 14.4. The maximum Gasteiger partial charge on any atom is 0.119 e. The molecule has 1 aliphatic rings. The smallest absolute Gasteiger partial charge is 0.119 e. The molecule has 0 aliphatic carbocycles. The van der Waals surface area contributed by atoms with Crippen LogP contribution in [0.3, 0.4) is 0 Å². The largest absolute Gasteiger partial charge is 0.492 e. The van der Waals surface area contributed by atoms with Crippen LogP contribution in [0.2, 0.25) is 0 Å². The van der Waals surface area contributed by atoms with Crippen molar-refractivity contribution in [3.8, 4) is 5.75 Å². The Labute approximate surface area is 122 Å². The van der Waals surface area contributed by atoms with Gasteiger partial charge in [0, 0.05) is 19.7 Å². The maximum absolute atomic E-state index is 5.81. The zero-order valence-corrected chi connectivity index (χ0v) is 12.9. The van der Waals surface area contributed by atoms with Gasteiger partial charge in [0.2, 0.25) is 0 Å². The first kappa shape index (κ1) is 15.3. The van der Waals surface area contributed by atoms with Crippen molar-refractivity contribution in [2.75, 3.05) is 32.9 Å². The van der Waals surface area contributed by atoms with Gasteiger partial charge in [-0.25, -0.2) is 0 Å². The summed E-state index contributed by atoms with van der Waals surface area (Å²) in [5, 5.41) is 3.44. The highest BCUT2D eigenvalue weighted by molar-refractivity contribution is 5.32. The van der Waals surface area contributed by atoms with Crippen LogP contribution in [0.25, 0.3) is 0 Å². The molecule has 1 saturated heterocycles. The number of ether oxygens (including phenoxy) is 2. The van der Waals surface area contributed by atoms with Crippen LogP contribution in [-0.4, -0.2) is 32.9 Å². The van der Waals surface area contributed by atoms with Crippen molar-refractivity contribution < 1.29 is 9.47 Å². The van der Waals surface area contributed by atoms with Crippen molar-refractivity contribution in [2.45, 2.75) is 32.6 Å². The Bertz CT molecular complexity index is 406. The van der Waals surface area contributed by atoms with Crippen molar-refractivity contribution in [1.82, 2.24) is 5.32 Å². The summed E-state index contributed by atoms with van der Waals surface area (Å²) >= 11 is 0. The number of nitrogens with one attached hydrogen (secondary N) is 1. The molecule has 1 aromatic carbocycles. The third-order valence-electron chi connectivity index (χ3n) is 3.70. The van der Waals surface area contributed by atoms with E-state index in [1.165, 1.54) is 12.0 Å². The van der Waals surface area contributed by atoms with E-state index in [0.717, 1.165) is 32.1 Å². The van der Waals surface area contributed by atoms with Crippen molar-refractivity contribution >= 4 is 0 Å². The second-order valence-electron chi connectivity index (χ2n) is 6.56. The molecule has 1 N–H and O–H groups in total. The summed E-state index contributed by atoms with van der Waals surface area (Å²) in [7, 11) is 0. The van der Waals surface area contributed by atoms with E-state index in [2.05, 4.69) is 44.3 Å². The van der Waals surface area contributed by atoms with Gasteiger partial charge in [0.25, 0.3) is 0 Å². The molecule has 20 heavy (non-hydrogen) atoms. The molecule has 3 heteroatoms. The molecule has 112 valence electrons. The molecule has 0 saturated carbocycles. The predicted molar refractivity (Wildman–Crippen MR) is 82.4 cm³/mol. The molecular weight excluding hydrogens is 250 g/mol. The average Bonchev–Trinajstić information content (AvgIpc) is 2.91. The highest BCUT2D eigenvalue weighted by Crippen LogP contribution is 2.25. The van der Waals surface area contributed by atoms with Gasteiger partial charge in [0.1, 0.15) is 12.4 Å². The molecular formula is C17H27NO2. The minimum absolute atomic E-state index is 0.167. The summed E-state index contributed by atoms with van der Waals surface area (Å²) in [6.07, 6.45) is 1.18. The Balaban J connectivity index is 1.68. The summed E-state index contributed by atoms with van der Waals surface area (Å²) in [6.45, 7) is 11.1. The van der Waals surface area contributed by atoms with Gasteiger partial charge in [-0.05, 0) is 35.4 Å². The summed E-state index contributed by atoms with van der Waals surface area (Å²) < 4.78 is 11.2. The van der Waals surface area contributed by atoms with Crippen LogP contribution in [-0.2, 0) is 10.2 Å². The van der Waals surface area contributed by atoms with E-state index in [1.807, 2.05) is 6.07 Å². The van der Waals surface area contributed by atoms with E-state index in [-0.39, 0.29) is 5.41 Å².